The van der Waals surface area contributed by atoms with E-state index in [-0.39, 0.29) is 5.91 Å². The smallest absolute Gasteiger partial charge is 0.254 e. The number of benzene rings is 1. The third-order valence-electron chi connectivity index (χ3n) is 4.53. The zero-order valence-corrected chi connectivity index (χ0v) is 16.1. The first-order chi connectivity index (χ1) is 12.2. The number of amides is 1. The van der Waals surface area contributed by atoms with Gasteiger partial charge in [-0.05, 0) is 52.0 Å². The number of aromatic nitrogens is 1. The van der Waals surface area contributed by atoms with E-state index in [1.165, 1.54) is 0 Å². The predicted molar refractivity (Wildman–Crippen MR) is 106 cm³/mol. The largest absolute Gasteiger partial charge is 0.355 e. The van der Waals surface area contributed by atoms with E-state index in [9.17, 15) is 4.79 Å². The second kappa shape index (κ2) is 7.14. The first kappa shape index (κ1) is 16.5. The average molecular weight is 416 g/mol. The van der Waals surface area contributed by atoms with Gasteiger partial charge in [0.15, 0.2) is 0 Å². The Morgan fingerprint density at radius 1 is 1.08 bits per heavy atom. The van der Waals surface area contributed by atoms with Crippen LogP contribution in [0.15, 0.2) is 51.6 Å². The lowest BCUT2D eigenvalue weighted by Crippen LogP contribution is -2.35. The molecule has 4 nitrogen and oxygen atoms in total. The van der Waals surface area contributed by atoms with Gasteiger partial charge < -0.3 is 9.80 Å². The van der Waals surface area contributed by atoms with Crippen molar-refractivity contribution in [2.75, 3.05) is 31.1 Å². The summed E-state index contributed by atoms with van der Waals surface area (Å²) in [6.07, 6.45) is 0.950. The number of nitrogens with zero attached hydrogens (tertiary/aromatic N) is 3. The number of pyridine rings is 1. The molecule has 3 aromatic rings. The number of hydrogen-bond acceptors (Lipinski definition) is 4. The van der Waals surface area contributed by atoms with Crippen molar-refractivity contribution in [3.63, 3.8) is 0 Å². The van der Waals surface area contributed by atoms with Gasteiger partial charge in [-0.3, -0.25) is 4.79 Å². The molecule has 0 N–H and O–H groups in total. The molecule has 1 aliphatic heterocycles. The topological polar surface area (TPSA) is 36.4 Å². The standard InChI is InChI=1S/C19H18BrN3OS/c20-16-4-1-3-14-5-6-17(21-18(14)16)22-8-2-9-23(11-10-22)19(24)15-7-12-25-13-15/h1,3-7,12-13H,2,8-11H2. The highest BCUT2D eigenvalue weighted by Crippen LogP contribution is 2.25. The number of hydrogen-bond donors (Lipinski definition) is 0. The van der Waals surface area contributed by atoms with Gasteiger partial charge in [0.25, 0.3) is 5.91 Å². The van der Waals surface area contributed by atoms with Crippen molar-refractivity contribution in [1.29, 1.82) is 0 Å². The molecule has 0 unspecified atom stereocenters. The lowest BCUT2D eigenvalue weighted by Gasteiger charge is -2.23. The number of anilines is 1. The van der Waals surface area contributed by atoms with E-state index >= 15 is 0 Å². The molecule has 1 aliphatic rings. The molecule has 0 saturated carbocycles. The molecule has 2 aromatic heterocycles. The van der Waals surface area contributed by atoms with Crippen LogP contribution in [0.25, 0.3) is 10.9 Å². The molecule has 3 heterocycles. The number of rotatable bonds is 2. The lowest BCUT2D eigenvalue weighted by molar-refractivity contribution is 0.0767. The van der Waals surface area contributed by atoms with Gasteiger partial charge in [-0.15, -0.1) is 0 Å². The normalized spacial score (nSPS) is 15.4. The van der Waals surface area contributed by atoms with Crippen LogP contribution in [0.3, 0.4) is 0 Å². The maximum atomic E-state index is 12.6. The summed E-state index contributed by atoms with van der Waals surface area (Å²) in [5.74, 6) is 1.11. The Morgan fingerprint density at radius 3 is 2.84 bits per heavy atom. The molecule has 0 atom stereocenters. The van der Waals surface area contributed by atoms with E-state index in [1.54, 1.807) is 11.3 Å². The van der Waals surface area contributed by atoms with Crippen LogP contribution in [0.5, 0.6) is 0 Å². The van der Waals surface area contributed by atoms with Gasteiger partial charge in [0, 0.05) is 41.4 Å². The summed E-state index contributed by atoms with van der Waals surface area (Å²) in [7, 11) is 0. The fraction of sp³-hybridized carbons (Fsp3) is 0.263. The van der Waals surface area contributed by atoms with Crippen LogP contribution in [0.2, 0.25) is 0 Å². The van der Waals surface area contributed by atoms with Gasteiger partial charge in [0.05, 0.1) is 11.1 Å². The second-order valence-corrected chi connectivity index (χ2v) is 7.76. The molecule has 0 bridgehead atoms. The fourth-order valence-electron chi connectivity index (χ4n) is 3.20. The molecule has 1 aromatic carbocycles. The number of thiophene rings is 1. The Balaban J connectivity index is 1.53. The zero-order chi connectivity index (χ0) is 17.2. The van der Waals surface area contributed by atoms with Gasteiger partial charge in [-0.2, -0.15) is 11.3 Å². The van der Waals surface area contributed by atoms with Crippen LogP contribution in [-0.2, 0) is 0 Å². The van der Waals surface area contributed by atoms with Crippen molar-refractivity contribution in [2.45, 2.75) is 6.42 Å². The molecule has 1 amide bonds. The van der Waals surface area contributed by atoms with Crippen LogP contribution in [0, 0.1) is 0 Å². The van der Waals surface area contributed by atoms with Crippen LogP contribution in [-0.4, -0.2) is 42.0 Å². The third-order valence-corrected chi connectivity index (χ3v) is 5.85. The molecule has 1 saturated heterocycles. The number of carbonyl (C=O) groups excluding carboxylic acids is 1. The Bertz CT molecular complexity index is 897. The first-order valence-corrected chi connectivity index (χ1v) is 10.1. The maximum Gasteiger partial charge on any atom is 0.254 e. The van der Waals surface area contributed by atoms with Gasteiger partial charge in [0.2, 0.25) is 0 Å². The Kier molecular flexibility index (Phi) is 4.72. The molecular weight excluding hydrogens is 398 g/mol. The second-order valence-electron chi connectivity index (χ2n) is 6.13. The highest BCUT2D eigenvalue weighted by atomic mass is 79.9. The first-order valence-electron chi connectivity index (χ1n) is 8.34. The van der Waals surface area contributed by atoms with Crippen molar-refractivity contribution in [2.24, 2.45) is 0 Å². The van der Waals surface area contributed by atoms with Crippen LogP contribution >= 0.6 is 27.3 Å². The summed E-state index contributed by atoms with van der Waals surface area (Å²) in [5.41, 5.74) is 1.78. The maximum absolute atomic E-state index is 12.6. The fourth-order valence-corrected chi connectivity index (χ4v) is 4.30. The monoisotopic (exact) mass is 415 g/mol. The number of halogens is 1. The zero-order valence-electron chi connectivity index (χ0n) is 13.7. The van der Waals surface area contributed by atoms with Crippen molar-refractivity contribution < 1.29 is 4.79 Å². The van der Waals surface area contributed by atoms with E-state index in [1.807, 2.05) is 33.9 Å². The molecule has 1 fully saturated rings. The van der Waals surface area contributed by atoms with E-state index in [4.69, 9.17) is 4.98 Å². The van der Waals surface area contributed by atoms with Crippen molar-refractivity contribution in [3.8, 4) is 0 Å². The highest BCUT2D eigenvalue weighted by molar-refractivity contribution is 9.10. The number of para-hydroxylation sites is 1. The van der Waals surface area contributed by atoms with Gasteiger partial charge in [-0.1, -0.05) is 12.1 Å². The van der Waals surface area contributed by atoms with E-state index in [2.05, 4.69) is 39.0 Å². The molecule has 0 spiro atoms. The summed E-state index contributed by atoms with van der Waals surface area (Å²) >= 11 is 5.15. The number of carbonyl (C=O) groups is 1. The summed E-state index contributed by atoms with van der Waals surface area (Å²) < 4.78 is 1.01. The van der Waals surface area contributed by atoms with Crippen LogP contribution in [0.4, 0.5) is 5.82 Å². The molecule has 0 radical (unpaired) electrons. The van der Waals surface area contributed by atoms with E-state index in [0.29, 0.717) is 0 Å². The van der Waals surface area contributed by atoms with Crippen LogP contribution in [0.1, 0.15) is 16.8 Å². The third kappa shape index (κ3) is 3.41. The van der Waals surface area contributed by atoms with Gasteiger partial charge in [-0.25, -0.2) is 4.98 Å². The minimum absolute atomic E-state index is 0.136. The molecular formula is C19H18BrN3OS. The molecule has 128 valence electrons. The molecule has 4 rings (SSSR count). The van der Waals surface area contributed by atoms with Crippen molar-refractivity contribution in [1.82, 2.24) is 9.88 Å². The Hall–Kier alpha value is -1.92. The highest BCUT2D eigenvalue weighted by Gasteiger charge is 2.21. The Labute approximate surface area is 159 Å². The summed E-state index contributed by atoms with van der Waals surface area (Å²) in [6, 6.07) is 12.2. The quantitative estimate of drug-likeness (QED) is 0.621. The summed E-state index contributed by atoms with van der Waals surface area (Å²) in [5, 5.41) is 5.00. The minimum Gasteiger partial charge on any atom is -0.355 e. The van der Waals surface area contributed by atoms with E-state index in [0.717, 1.165) is 59.4 Å². The van der Waals surface area contributed by atoms with Gasteiger partial charge >= 0.3 is 0 Å². The molecule has 25 heavy (non-hydrogen) atoms. The molecule has 0 aliphatic carbocycles. The summed E-state index contributed by atoms with van der Waals surface area (Å²) in [4.78, 5) is 21.6. The molecule has 6 heteroatoms. The average Bonchev–Trinajstić information content (AvgIpc) is 3.06. The lowest BCUT2D eigenvalue weighted by atomic mass is 10.2. The van der Waals surface area contributed by atoms with Crippen molar-refractivity contribution in [3.05, 3.63) is 57.2 Å². The minimum atomic E-state index is 0.136. The Morgan fingerprint density at radius 2 is 2.00 bits per heavy atom. The van der Waals surface area contributed by atoms with Crippen molar-refractivity contribution >= 4 is 49.9 Å². The SMILES string of the molecule is O=C(c1ccsc1)N1CCCN(c2ccc3cccc(Br)c3n2)CC1. The summed E-state index contributed by atoms with van der Waals surface area (Å²) in [6.45, 7) is 3.24. The van der Waals surface area contributed by atoms with Gasteiger partial charge in [0.1, 0.15) is 5.82 Å². The van der Waals surface area contributed by atoms with E-state index < -0.39 is 0 Å². The predicted octanol–water partition coefficient (Wildman–Crippen LogP) is 4.41. The van der Waals surface area contributed by atoms with Crippen LogP contribution < -0.4 is 4.90 Å². The number of fused-ring (bicyclic) bond motifs is 1.